The fraction of sp³-hybridized carbons (Fsp3) is 0.120. The van der Waals surface area contributed by atoms with Gasteiger partial charge in [-0.25, -0.2) is 14.2 Å². The van der Waals surface area contributed by atoms with Crippen LogP contribution in [0.2, 0.25) is 0 Å². The predicted octanol–water partition coefficient (Wildman–Crippen LogP) is 5.76. The molecule has 0 bridgehead atoms. The fourth-order valence-electron chi connectivity index (χ4n) is 4.06. The van der Waals surface area contributed by atoms with E-state index in [9.17, 15) is 13.2 Å². The number of halogens is 3. The Morgan fingerprint density at radius 3 is 2.47 bits per heavy atom. The van der Waals surface area contributed by atoms with Crippen molar-refractivity contribution in [3.8, 4) is 34.1 Å². The molecule has 0 atom stereocenters. The third kappa shape index (κ3) is 3.59. The monoisotopic (exact) mass is 458 g/mol. The van der Waals surface area contributed by atoms with Gasteiger partial charge < -0.3 is 0 Å². The number of nitrogens with zero attached hydrogens (tertiary/aromatic N) is 6. The van der Waals surface area contributed by atoms with Gasteiger partial charge in [0, 0.05) is 17.3 Å². The van der Waals surface area contributed by atoms with Crippen LogP contribution in [0.3, 0.4) is 0 Å². The molecule has 0 fully saturated rings. The van der Waals surface area contributed by atoms with E-state index < -0.39 is 11.7 Å². The highest BCUT2D eigenvalue weighted by Crippen LogP contribution is 2.38. The van der Waals surface area contributed by atoms with Crippen molar-refractivity contribution >= 4 is 5.65 Å². The molecular formula is C25H17F3N6. The molecule has 6 nitrogen and oxygen atoms in total. The van der Waals surface area contributed by atoms with Crippen molar-refractivity contribution in [3.05, 3.63) is 89.5 Å². The number of hydrogen-bond acceptors (Lipinski definition) is 4. The summed E-state index contributed by atoms with van der Waals surface area (Å²) in [6, 6.07) is 16.1. The molecule has 2 aromatic carbocycles. The predicted molar refractivity (Wildman–Crippen MR) is 120 cm³/mol. The number of hydrogen-bond donors (Lipinski definition) is 0. The first-order valence-electron chi connectivity index (χ1n) is 10.4. The minimum absolute atomic E-state index is 0.399. The average molecular weight is 458 g/mol. The maximum absolute atomic E-state index is 13.4. The van der Waals surface area contributed by atoms with Crippen LogP contribution in [0.25, 0.3) is 33.7 Å². The van der Waals surface area contributed by atoms with E-state index in [1.165, 1.54) is 6.07 Å². The Morgan fingerprint density at radius 2 is 1.76 bits per heavy atom. The van der Waals surface area contributed by atoms with Gasteiger partial charge in [-0.05, 0) is 67.4 Å². The van der Waals surface area contributed by atoms with Crippen LogP contribution in [-0.4, -0.2) is 24.4 Å². The Morgan fingerprint density at radius 1 is 1.00 bits per heavy atom. The van der Waals surface area contributed by atoms with Gasteiger partial charge >= 0.3 is 6.18 Å². The number of fused-ring (bicyclic) bond motifs is 1. The molecule has 9 heteroatoms. The number of alkyl halides is 3. The first-order valence-corrected chi connectivity index (χ1v) is 10.4. The van der Waals surface area contributed by atoms with Crippen molar-refractivity contribution in [1.29, 1.82) is 5.26 Å². The van der Waals surface area contributed by atoms with Gasteiger partial charge in [-0.15, -0.1) is 0 Å². The maximum atomic E-state index is 13.4. The molecule has 3 aromatic heterocycles. The second-order valence-corrected chi connectivity index (χ2v) is 7.84. The minimum Gasteiger partial charge on any atom is -0.233 e. The highest BCUT2D eigenvalue weighted by atomic mass is 19.4. The van der Waals surface area contributed by atoms with E-state index in [-0.39, 0.29) is 0 Å². The van der Waals surface area contributed by atoms with Gasteiger partial charge in [-0.3, -0.25) is 0 Å². The summed E-state index contributed by atoms with van der Waals surface area (Å²) in [5.74, 6) is 0.505. The average Bonchev–Trinajstić information content (AvgIpc) is 3.44. The molecule has 0 amide bonds. The molecule has 168 valence electrons. The van der Waals surface area contributed by atoms with Crippen LogP contribution in [0.1, 0.15) is 22.5 Å². The molecule has 0 saturated heterocycles. The molecular weight excluding hydrogens is 441 g/mol. The third-order valence-electron chi connectivity index (χ3n) is 5.63. The van der Waals surface area contributed by atoms with Crippen LogP contribution in [0.5, 0.6) is 0 Å². The van der Waals surface area contributed by atoms with Crippen molar-refractivity contribution in [1.82, 2.24) is 24.4 Å². The molecule has 34 heavy (non-hydrogen) atoms. The summed E-state index contributed by atoms with van der Waals surface area (Å²) in [6.07, 6.45) is -1.01. The molecule has 0 unspecified atom stereocenters. The lowest BCUT2D eigenvalue weighted by atomic mass is 9.95. The lowest BCUT2D eigenvalue weighted by molar-refractivity contribution is -0.137. The van der Waals surface area contributed by atoms with Gasteiger partial charge in [0.2, 0.25) is 0 Å². The number of nitriles is 1. The van der Waals surface area contributed by atoms with Gasteiger partial charge in [0.1, 0.15) is 5.82 Å². The van der Waals surface area contributed by atoms with Crippen LogP contribution >= 0.6 is 0 Å². The first kappa shape index (κ1) is 21.4. The molecule has 0 aliphatic heterocycles. The zero-order valence-electron chi connectivity index (χ0n) is 18.2. The Labute approximate surface area is 192 Å². The van der Waals surface area contributed by atoms with E-state index >= 15 is 0 Å². The number of aromatic nitrogens is 5. The molecule has 0 aliphatic rings. The number of benzene rings is 2. The third-order valence-corrected chi connectivity index (χ3v) is 5.63. The van der Waals surface area contributed by atoms with E-state index in [4.69, 9.17) is 5.26 Å². The highest BCUT2D eigenvalue weighted by Gasteiger charge is 2.31. The Bertz CT molecular complexity index is 1570. The summed E-state index contributed by atoms with van der Waals surface area (Å²) in [6.45, 7) is 3.59. The first-order chi connectivity index (χ1) is 16.3. The topological polar surface area (TPSA) is 71.8 Å². The normalized spacial score (nSPS) is 11.6. The Kier molecular flexibility index (Phi) is 4.94. The van der Waals surface area contributed by atoms with Crippen molar-refractivity contribution < 1.29 is 13.2 Å². The summed E-state index contributed by atoms with van der Waals surface area (Å²) in [7, 11) is 0. The lowest BCUT2D eigenvalue weighted by Crippen LogP contribution is -2.06. The smallest absolute Gasteiger partial charge is 0.233 e. The number of rotatable bonds is 3. The van der Waals surface area contributed by atoms with Crippen LogP contribution in [-0.2, 0) is 6.18 Å². The van der Waals surface area contributed by atoms with Crippen LogP contribution in [0, 0.1) is 25.2 Å². The maximum Gasteiger partial charge on any atom is 0.416 e. The van der Waals surface area contributed by atoms with Gasteiger partial charge in [-0.2, -0.15) is 28.6 Å². The Balaban J connectivity index is 1.75. The summed E-state index contributed by atoms with van der Waals surface area (Å²) in [5, 5.41) is 17.9. The van der Waals surface area contributed by atoms with Crippen molar-refractivity contribution in [2.24, 2.45) is 0 Å². The summed E-state index contributed by atoms with van der Waals surface area (Å²) in [5.41, 5.74) is 4.20. The van der Waals surface area contributed by atoms with E-state index in [2.05, 4.69) is 21.3 Å². The fourth-order valence-corrected chi connectivity index (χ4v) is 4.06. The molecule has 3 heterocycles. The summed E-state index contributed by atoms with van der Waals surface area (Å²) in [4.78, 5) is 4.48. The zero-order chi connectivity index (χ0) is 24.0. The molecule has 5 rings (SSSR count). The minimum atomic E-state index is -4.46. The molecule has 0 N–H and O–H groups in total. The lowest BCUT2D eigenvalue weighted by Gasteiger charge is -2.16. The summed E-state index contributed by atoms with van der Waals surface area (Å²) < 4.78 is 43.6. The molecule has 5 aromatic rings. The standard InChI is InChI=1S/C25H17F3N6/c1-15-21(22-10-11-30-34(22)20-8-6-17(13-29)7-9-20)14-33-24(31-16(2)32-33)23(15)18-4-3-5-19(12-18)25(26,27)28/h3-12,14H,1-2H3. The van der Waals surface area contributed by atoms with Crippen molar-refractivity contribution in [3.63, 3.8) is 0 Å². The van der Waals surface area contributed by atoms with Gasteiger partial charge in [-0.1, -0.05) is 12.1 Å². The molecule has 0 spiro atoms. The number of pyridine rings is 1. The van der Waals surface area contributed by atoms with Crippen molar-refractivity contribution in [2.45, 2.75) is 20.0 Å². The van der Waals surface area contributed by atoms with Crippen LogP contribution in [0.4, 0.5) is 13.2 Å². The molecule has 0 aliphatic carbocycles. The molecule has 0 radical (unpaired) electrons. The highest BCUT2D eigenvalue weighted by molar-refractivity contribution is 5.86. The van der Waals surface area contributed by atoms with E-state index in [1.54, 1.807) is 58.8 Å². The van der Waals surface area contributed by atoms with Crippen LogP contribution < -0.4 is 0 Å². The SMILES string of the molecule is Cc1nc2c(-c3cccc(C(F)(F)F)c3)c(C)c(-c3ccnn3-c3ccc(C#N)cc3)cn2n1. The summed E-state index contributed by atoms with van der Waals surface area (Å²) >= 11 is 0. The van der Waals surface area contributed by atoms with Crippen LogP contribution in [0.15, 0.2) is 67.0 Å². The van der Waals surface area contributed by atoms with E-state index in [1.807, 2.05) is 13.0 Å². The van der Waals surface area contributed by atoms with Gasteiger partial charge in [0.25, 0.3) is 0 Å². The van der Waals surface area contributed by atoms with Gasteiger partial charge in [0.15, 0.2) is 5.65 Å². The molecule has 0 saturated carbocycles. The zero-order valence-corrected chi connectivity index (χ0v) is 18.2. The second-order valence-electron chi connectivity index (χ2n) is 7.84. The largest absolute Gasteiger partial charge is 0.416 e. The quantitative estimate of drug-likeness (QED) is 0.345. The van der Waals surface area contributed by atoms with Gasteiger partial charge in [0.05, 0.1) is 34.8 Å². The van der Waals surface area contributed by atoms with E-state index in [0.29, 0.717) is 28.2 Å². The Hall–Kier alpha value is -4.45. The number of aryl methyl sites for hydroxylation is 1. The second kappa shape index (κ2) is 7.85. The van der Waals surface area contributed by atoms with E-state index in [0.717, 1.165) is 34.6 Å². The van der Waals surface area contributed by atoms with Crippen molar-refractivity contribution in [2.75, 3.05) is 0 Å².